The fraction of sp³-hybridized carbons (Fsp3) is 0.474. The molecule has 2 N–H and O–H groups in total. The number of furan rings is 1. The topological polar surface area (TPSA) is 68.9 Å². The standard InChI is InChI=1S/C19H28N6O/c1-20-19(21-8-7-17-4-3-13-26-17)23-15-16-5-6-18(22-14-16)25-11-9-24(2)10-12-25/h3-6,13-14H,7-12,15H2,1-2H3,(H2,20,21,23). The number of aromatic nitrogens is 1. The summed E-state index contributed by atoms with van der Waals surface area (Å²) in [7, 11) is 3.94. The second kappa shape index (κ2) is 9.24. The minimum atomic E-state index is 0.691. The van der Waals surface area contributed by atoms with Crippen molar-refractivity contribution in [2.24, 2.45) is 4.99 Å². The molecule has 0 spiro atoms. The molecule has 2 aromatic heterocycles. The smallest absolute Gasteiger partial charge is 0.191 e. The van der Waals surface area contributed by atoms with Crippen molar-refractivity contribution in [1.82, 2.24) is 20.5 Å². The van der Waals surface area contributed by atoms with Gasteiger partial charge in [-0.2, -0.15) is 0 Å². The van der Waals surface area contributed by atoms with Crippen molar-refractivity contribution in [3.8, 4) is 0 Å². The zero-order valence-electron chi connectivity index (χ0n) is 15.6. The Morgan fingerprint density at radius 3 is 2.69 bits per heavy atom. The molecule has 0 atom stereocenters. The molecular formula is C19H28N6O. The van der Waals surface area contributed by atoms with Crippen molar-refractivity contribution in [2.75, 3.05) is 51.7 Å². The summed E-state index contributed by atoms with van der Waals surface area (Å²) >= 11 is 0. The Morgan fingerprint density at radius 2 is 2.04 bits per heavy atom. The molecule has 26 heavy (non-hydrogen) atoms. The van der Waals surface area contributed by atoms with E-state index >= 15 is 0 Å². The summed E-state index contributed by atoms with van der Waals surface area (Å²) < 4.78 is 5.33. The highest BCUT2D eigenvalue weighted by atomic mass is 16.3. The Bertz CT molecular complexity index is 675. The van der Waals surface area contributed by atoms with Crippen LogP contribution in [0, 0.1) is 0 Å². The Kier molecular flexibility index (Phi) is 6.49. The average molecular weight is 356 g/mol. The quantitative estimate of drug-likeness (QED) is 0.601. The van der Waals surface area contributed by atoms with Gasteiger partial charge in [-0.15, -0.1) is 0 Å². The molecule has 3 heterocycles. The lowest BCUT2D eigenvalue weighted by Crippen LogP contribution is -2.44. The molecule has 7 heteroatoms. The van der Waals surface area contributed by atoms with Crippen LogP contribution in [0.5, 0.6) is 0 Å². The lowest BCUT2D eigenvalue weighted by molar-refractivity contribution is 0.312. The third-order valence-electron chi connectivity index (χ3n) is 4.56. The normalized spacial score (nSPS) is 15.9. The molecule has 140 valence electrons. The molecular weight excluding hydrogens is 328 g/mol. The Hall–Kier alpha value is -2.54. The van der Waals surface area contributed by atoms with Gasteiger partial charge in [0.05, 0.1) is 6.26 Å². The summed E-state index contributed by atoms with van der Waals surface area (Å²) in [5.74, 6) is 2.80. The number of hydrogen-bond donors (Lipinski definition) is 2. The molecule has 0 amide bonds. The molecule has 0 aliphatic carbocycles. The minimum absolute atomic E-state index is 0.691. The van der Waals surface area contributed by atoms with Crippen LogP contribution in [0.4, 0.5) is 5.82 Å². The van der Waals surface area contributed by atoms with Gasteiger partial charge in [0.15, 0.2) is 5.96 Å². The molecule has 0 radical (unpaired) electrons. The number of pyridine rings is 1. The monoisotopic (exact) mass is 356 g/mol. The maximum atomic E-state index is 5.33. The predicted molar refractivity (Wildman–Crippen MR) is 105 cm³/mol. The van der Waals surface area contributed by atoms with Crippen molar-refractivity contribution in [1.29, 1.82) is 0 Å². The molecule has 1 fully saturated rings. The van der Waals surface area contributed by atoms with E-state index < -0.39 is 0 Å². The number of piperazine rings is 1. The fourth-order valence-corrected chi connectivity index (χ4v) is 2.91. The highest BCUT2D eigenvalue weighted by Gasteiger charge is 2.14. The van der Waals surface area contributed by atoms with Gasteiger partial charge in [-0.05, 0) is 30.8 Å². The van der Waals surface area contributed by atoms with Crippen molar-refractivity contribution in [3.63, 3.8) is 0 Å². The number of nitrogens with zero attached hydrogens (tertiary/aromatic N) is 4. The lowest BCUT2D eigenvalue weighted by Gasteiger charge is -2.33. The maximum absolute atomic E-state index is 5.33. The largest absolute Gasteiger partial charge is 0.469 e. The first-order valence-corrected chi connectivity index (χ1v) is 9.10. The van der Waals surface area contributed by atoms with Crippen LogP contribution in [0.3, 0.4) is 0 Å². The Labute approximate surface area is 155 Å². The van der Waals surface area contributed by atoms with Crippen LogP contribution in [-0.4, -0.2) is 62.7 Å². The summed E-state index contributed by atoms with van der Waals surface area (Å²) in [6, 6.07) is 8.12. The van der Waals surface area contributed by atoms with Crippen LogP contribution in [0.1, 0.15) is 11.3 Å². The SMILES string of the molecule is CN=C(NCCc1ccco1)NCc1ccc(N2CCN(C)CC2)nc1. The summed E-state index contributed by atoms with van der Waals surface area (Å²) in [6.07, 6.45) is 4.47. The van der Waals surface area contributed by atoms with E-state index in [4.69, 9.17) is 4.42 Å². The zero-order valence-corrected chi connectivity index (χ0v) is 15.6. The minimum Gasteiger partial charge on any atom is -0.469 e. The molecule has 3 rings (SSSR count). The number of aliphatic imine (C=N–C) groups is 1. The van der Waals surface area contributed by atoms with Gasteiger partial charge in [0.1, 0.15) is 11.6 Å². The first-order chi connectivity index (χ1) is 12.7. The van der Waals surface area contributed by atoms with Gasteiger partial charge in [-0.3, -0.25) is 4.99 Å². The van der Waals surface area contributed by atoms with Gasteiger partial charge < -0.3 is 24.9 Å². The number of anilines is 1. The number of likely N-dealkylation sites (N-methyl/N-ethyl adjacent to an activating group) is 1. The molecule has 7 nitrogen and oxygen atoms in total. The van der Waals surface area contributed by atoms with Crippen molar-refractivity contribution in [2.45, 2.75) is 13.0 Å². The van der Waals surface area contributed by atoms with Crippen LogP contribution >= 0.6 is 0 Å². The van der Waals surface area contributed by atoms with Crippen LogP contribution in [-0.2, 0) is 13.0 Å². The highest BCUT2D eigenvalue weighted by Crippen LogP contribution is 2.13. The van der Waals surface area contributed by atoms with Crippen LogP contribution < -0.4 is 15.5 Å². The molecule has 1 saturated heterocycles. The van der Waals surface area contributed by atoms with Crippen LogP contribution in [0.25, 0.3) is 0 Å². The summed E-state index contributed by atoms with van der Waals surface area (Å²) in [4.78, 5) is 13.6. The number of hydrogen-bond acceptors (Lipinski definition) is 5. The van der Waals surface area contributed by atoms with E-state index in [0.29, 0.717) is 6.54 Å². The van der Waals surface area contributed by atoms with E-state index in [9.17, 15) is 0 Å². The first-order valence-electron chi connectivity index (χ1n) is 9.10. The molecule has 1 aliphatic rings. The van der Waals surface area contributed by atoms with E-state index in [1.807, 2.05) is 18.3 Å². The fourth-order valence-electron chi connectivity index (χ4n) is 2.91. The van der Waals surface area contributed by atoms with Gasteiger partial charge in [0, 0.05) is 58.9 Å². The number of nitrogens with one attached hydrogen (secondary N) is 2. The van der Waals surface area contributed by atoms with Crippen LogP contribution in [0.2, 0.25) is 0 Å². The number of rotatable bonds is 6. The summed E-state index contributed by atoms with van der Waals surface area (Å²) in [5, 5.41) is 6.61. The van der Waals surface area contributed by atoms with Gasteiger partial charge in [0.25, 0.3) is 0 Å². The number of guanidine groups is 1. The first kappa shape index (κ1) is 18.3. The Morgan fingerprint density at radius 1 is 1.19 bits per heavy atom. The molecule has 0 saturated carbocycles. The zero-order chi connectivity index (χ0) is 18.2. The average Bonchev–Trinajstić information content (AvgIpc) is 3.19. The highest BCUT2D eigenvalue weighted by molar-refractivity contribution is 5.79. The van der Waals surface area contributed by atoms with Gasteiger partial charge in [0.2, 0.25) is 0 Å². The van der Waals surface area contributed by atoms with E-state index in [1.54, 1.807) is 13.3 Å². The van der Waals surface area contributed by atoms with Gasteiger partial charge in [-0.25, -0.2) is 4.98 Å². The third kappa shape index (κ3) is 5.23. The van der Waals surface area contributed by atoms with Crippen molar-refractivity contribution >= 4 is 11.8 Å². The second-order valence-corrected chi connectivity index (χ2v) is 6.50. The van der Waals surface area contributed by atoms with Crippen molar-refractivity contribution < 1.29 is 4.42 Å². The molecule has 0 unspecified atom stereocenters. The molecule has 2 aromatic rings. The van der Waals surface area contributed by atoms with Crippen LogP contribution in [0.15, 0.2) is 46.1 Å². The van der Waals surface area contributed by atoms with E-state index in [2.05, 4.69) is 49.6 Å². The summed E-state index contributed by atoms with van der Waals surface area (Å²) in [6.45, 7) is 5.71. The van der Waals surface area contributed by atoms with E-state index in [0.717, 1.165) is 62.2 Å². The van der Waals surface area contributed by atoms with Gasteiger partial charge >= 0.3 is 0 Å². The Balaban J connectivity index is 1.43. The van der Waals surface area contributed by atoms with Crippen molar-refractivity contribution in [3.05, 3.63) is 48.0 Å². The lowest BCUT2D eigenvalue weighted by atomic mass is 10.2. The molecule has 1 aliphatic heterocycles. The van der Waals surface area contributed by atoms with E-state index in [-0.39, 0.29) is 0 Å². The van der Waals surface area contributed by atoms with Gasteiger partial charge in [-0.1, -0.05) is 6.07 Å². The molecule has 0 aromatic carbocycles. The second-order valence-electron chi connectivity index (χ2n) is 6.50. The van der Waals surface area contributed by atoms with E-state index in [1.165, 1.54) is 0 Å². The molecule has 0 bridgehead atoms. The predicted octanol–water partition coefficient (Wildman–Crippen LogP) is 1.33. The maximum Gasteiger partial charge on any atom is 0.191 e. The summed E-state index contributed by atoms with van der Waals surface area (Å²) in [5.41, 5.74) is 1.14. The third-order valence-corrected chi connectivity index (χ3v) is 4.56.